The van der Waals surface area contributed by atoms with Gasteiger partial charge in [0.25, 0.3) is 5.91 Å². The van der Waals surface area contributed by atoms with E-state index in [1.165, 1.54) is 11.3 Å². The third kappa shape index (κ3) is 2.62. The molecule has 7 nitrogen and oxygen atoms in total. The molecule has 8 heteroatoms. The lowest BCUT2D eigenvalue weighted by Gasteiger charge is -2.23. The molecule has 1 aliphatic rings. The molecule has 0 aromatic carbocycles. The lowest BCUT2D eigenvalue weighted by atomic mass is 9.99. The standard InChI is InChI=1S/C14H15N3O4S/c1-8-16-11(6-22-8)9-4-10(15-5-9)12(18)17-14(13(19)20)2-3-21-7-14/h4-6,15H,2-3,7H2,1H3,(H,17,18)(H,19,20). The molecule has 116 valence electrons. The fraction of sp³-hybridized carbons (Fsp3) is 0.357. The van der Waals surface area contributed by atoms with Crippen LogP contribution in [-0.2, 0) is 9.53 Å². The van der Waals surface area contributed by atoms with Gasteiger partial charge in [-0.25, -0.2) is 9.78 Å². The minimum atomic E-state index is -1.35. The maximum Gasteiger partial charge on any atom is 0.331 e. The highest BCUT2D eigenvalue weighted by Crippen LogP contribution is 2.23. The minimum Gasteiger partial charge on any atom is -0.479 e. The summed E-state index contributed by atoms with van der Waals surface area (Å²) in [7, 11) is 0. The molecule has 1 atom stereocenters. The number of aromatic nitrogens is 2. The second kappa shape index (κ2) is 5.54. The Morgan fingerprint density at radius 2 is 2.36 bits per heavy atom. The highest BCUT2D eigenvalue weighted by molar-refractivity contribution is 7.09. The number of carbonyl (C=O) groups is 2. The highest BCUT2D eigenvalue weighted by atomic mass is 32.1. The van der Waals surface area contributed by atoms with E-state index < -0.39 is 17.4 Å². The van der Waals surface area contributed by atoms with Gasteiger partial charge in [-0.05, 0) is 13.0 Å². The zero-order valence-corrected chi connectivity index (χ0v) is 12.7. The predicted molar refractivity (Wildman–Crippen MR) is 79.9 cm³/mol. The molecule has 3 N–H and O–H groups in total. The summed E-state index contributed by atoms with van der Waals surface area (Å²) in [5.41, 5.74) is 0.532. The number of aromatic amines is 1. The van der Waals surface area contributed by atoms with Gasteiger partial charge in [0.05, 0.1) is 17.3 Å². The van der Waals surface area contributed by atoms with E-state index >= 15 is 0 Å². The second-order valence-electron chi connectivity index (χ2n) is 5.20. The number of H-pyrrole nitrogens is 1. The van der Waals surface area contributed by atoms with Crippen LogP contribution in [0.2, 0.25) is 0 Å². The van der Waals surface area contributed by atoms with Crippen LogP contribution in [0.25, 0.3) is 11.3 Å². The van der Waals surface area contributed by atoms with E-state index in [1.807, 2.05) is 12.3 Å². The molecule has 1 saturated heterocycles. The summed E-state index contributed by atoms with van der Waals surface area (Å²) in [5, 5.41) is 14.7. The fourth-order valence-corrected chi connectivity index (χ4v) is 2.96. The van der Waals surface area contributed by atoms with Crippen LogP contribution in [0.3, 0.4) is 0 Å². The van der Waals surface area contributed by atoms with Gasteiger partial charge in [-0.3, -0.25) is 4.79 Å². The monoisotopic (exact) mass is 321 g/mol. The summed E-state index contributed by atoms with van der Waals surface area (Å²) in [6.45, 7) is 2.21. The van der Waals surface area contributed by atoms with Crippen molar-refractivity contribution in [2.24, 2.45) is 0 Å². The van der Waals surface area contributed by atoms with Crippen LogP contribution >= 0.6 is 11.3 Å². The Balaban J connectivity index is 1.78. The number of amides is 1. The number of hydrogen-bond donors (Lipinski definition) is 3. The predicted octanol–water partition coefficient (Wildman–Crippen LogP) is 1.42. The molecule has 3 heterocycles. The Morgan fingerprint density at radius 3 is 2.95 bits per heavy atom. The van der Waals surface area contributed by atoms with Crippen LogP contribution in [-0.4, -0.2) is 45.7 Å². The summed E-state index contributed by atoms with van der Waals surface area (Å²) in [4.78, 5) is 30.9. The molecular formula is C14H15N3O4S. The lowest BCUT2D eigenvalue weighted by Crippen LogP contribution is -2.55. The number of nitrogens with one attached hydrogen (secondary N) is 2. The van der Waals surface area contributed by atoms with E-state index in [2.05, 4.69) is 15.3 Å². The quantitative estimate of drug-likeness (QED) is 0.790. The fourth-order valence-electron chi connectivity index (χ4n) is 2.34. The molecule has 0 saturated carbocycles. The van der Waals surface area contributed by atoms with Gasteiger partial charge in [-0.15, -0.1) is 11.3 Å². The zero-order valence-electron chi connectivity index (χ0n) is 11.9. The van der Waals surface area contributed by atoms with Crippen molar-refractivity contribution >= 4 is 23.2 Å². The Labute approximate surface area is 130 Å². The second-order valence-corrected chi connectivity index (χ2v) is 6.26. The first-order valence-electron chi connectivity index (χ1n) is 6.75. The van der Waals surface area contributed by atoms with Crippen LogP contribution in [0.4, 0.5) is 0 Å². The average molecular weight is 321 g/mol. The summed E-state index contributed by atoms with van der Waals surface area (Å²) in [6, 6.07) is 1.66. The third-order valence-electron chi connectivity index (χ3n) is 3.63. The first-order valence-corrected chi connectivity index (χ1v) is 7.63. The van der Waals surface area contributed by atoms with E-state index in [4.69, 9.17) is 4.74 Å². The third-order valence-corrected chi connectivity index (χ3v) is 4.40. The van der Waals surface area contributed by atoms with Gasteiger partial charge < -0.3 is 20.1 Å². The molecular weight excluding hydrogens is 306 g/mol. The molecule has 3 rings (SSSR count). The highest BCUT2D eigenvalue weighted by Gasteiger charge is 2.44. The molecule has 1 fully saturated rings. The molecule has 1 aliphatic heterocycles. The van der Waals surface area contributed by atoms with E-state index in [0.29, 0.717) is 12.3 Å². The van der Waals surface area contributed by atoms with Crippen molar-refractivity contribution in [3.8, 4) is 11.3 Å². The van der Waals surface area contributed by atoms with Crippen molar-refractivity contribution < 1.29 is 19.4 Å². The van der Waals surface area contributed by atoms with Crippen LogP contribution in [0.1, 0.15) is 21.9 Å². The summed E-state index contributed by atoms with van der Waals surface area (Å²) in [5.74, 6) is -1.55. The minimum absolute atomic E-state index is 0.0209. The summed E-state index contributed by atoms with van der Waals surface area (Å²) in [6.07, 6.45) is 1.94. The Morgan fingerprint density at radius 1 is 1.55 bits per heavy atom. The number of rotatable bonds is 4. The molecule has 0 spiro atoms. The summed E-state index contributed by atoms with van der Waals surface area (Å²) < 4.78 is 5.12. The van der Waals surface area contributed by atoms with Crippen LogP contribution in [0.5, 0.6) is 0 Å². The molecule has 1 unspecified atom stereocenters. The molecule has 2 aromatic rings. The first kappa shape index (κ1) is 14.7. The van der Waals surface area contributed by atoms with Gasteiger partial charge in [-0.1, -0.05) is 0 Å². The maximum absolute atomic E-state index is 12.3. The van der Waals surface area contributed by atoms with Crippen molar-refractivity contribution in [3.63, 3.8) is 0 Å². The van der Waals surface area contributed by atoms with Gasteiger partial charge in [0.2, 0.25) is 0 Å². The largest absolute Gasteiger partial charge is 0.479 e. The van der Waals surface area contributed by atoms with Gasteiger partial charge in [-0.2, -0.15) is 0 Å². The van der Waals surface area contributed by atoms with Gasteiger partial charge in [0.15, 0.2) is 5.54 Å². The number of carbonyl (C=O) groups excluding carboxylic acids is 1. The van der Waals surface area contributed by atoms with E-state index in [0.717, 1.165) is 16.3 Å². The lowest BCUT2D eigenvalue weighted by molar-refractivity contribution is -0.144. The van der Waals surface area contributed by atoms with Crippen molar-refractivity contribution in [1.82, 2.24) is 15.3 Å². The Hall–Kier alpha value is -2.19. The van der Waals surface area contributed by atoms with Crippen LogP contribution < -0.4 is 5.32 Å². The van der Waals surface area contributed by atoms with E-state index in [9.17, 15) is 14.7 Å². The summed E-state index contributed by atoms with van der Waals surface area (Å²) >= 11 is 1.53. The van der Waals surface area contributed by atoms with Crippen molar-refractivity contribution in [2.75, 3.05) is 13.2 Å². The SMILES string of the molecule is Cc1nc(-c2c[nH]c(C(=O)NC3(C(=O)O)CCOC3)c2)cs1. The van der Waals surface area contributed by atoms with Gasteiger partial charge >= 0.3 is 5.97 Å². The topological polar surface area (TPSA) is 104 Å². The molecule has 1 amide bonds. The molecule has 22 heavy (non-hydrogen) atoms. The normalized spacial score (nSPS) is 21.0. The zero-order chi connectivity index (χ0) is 15.7. The Bertz CT molecular complexity index is 715. The van der Waals surface area contributed by atoms with Crippen LogP contribution in [0.15, 0.2) is 17.6 Å². The molecule has 0 bridgehead atoms. The van der Waals surface area contributed by atoms with Crippen molar-refractivity contribution in [2.45, 2.75) is 18.9 Å². The first-order chi connectivity index (χ1) is 10.5. The number of carboxylic acids is 1. The number of aryl methyl sites for hydroxylation is 1. The van der Waals surface area contributed by atoms with Crippen molar-refractivity contribution in [1.29, 1.82) is 0 Å². The van der Waals surface area contributed by atoms with Crippen LogP contribution in [0, 0.1) is 6.92 Å². The Kier molecular flexibility index (Phi) is 3.71. The number of hydrogen-bond acceptors (Lipinski definition) is 5. The number of aliphatic carboxylic acids is 1. The number of nitrogens with zero attached hydrogens (tertiary/aromatic N) is 1. The number of carboxylic acid groups (broad SMARTS) is 1. The number of ether oxygens (including phenoxy) is 1. The number of thiazole rings is 1. The van der Waals surface area contributed by atoms with Gasteiger partial charge in [0, 0.05) is 30.2 Å². The molecule has 0 aliphatic carbocycles. The average Bonchev–Trinajstić information content (AvgIpc) is 3.17. The van der Waals surface area contributed by atoms with E-state index in [-0.39, 0.29) is 13.0 Å². The van der Waals surface area contributed by atoms with Gasteiger partial charge in [0.1, 0.15) is 5.69 Å². The van der Waals surface area contributed by atoms with Crippen molar-refractivity contribution in [3.05, 3.63) is 28.3 Å². The maximum atomic E-state index is 12.3. The molecule has 2 aromatic heterocycles. The van der Waals surface area contributed by atoms with E-state index in [1.54, 1.807) is 12.3 Å². The smallest absolute Gasteiger partial charge is 0.331 e. The molecule has 0 radical (unpaired) electrons.